The first-order chi connectivity index (χ1) is 11.7. The van der Waals surface area contributed by atoms with Gasteiger partial charge in [0.25, 0.3) is 5.56 Å². The van der Waals surface area contributed by atoms with Gasteiger partial charge in [0.2, 0.25) is 0 Å². The van der Waals surface area contributed by atoms with Crippen LogP contribution in [0.15, 0.2) is 41.2 Å². The van der Waals surface area contributed by atoms with Crippen molar-refractivity contribution in [2.24, 2.45) is 0 Å². The number of alkyl halides is 3. The van der Waals surface area contributed by atoms with Crippen LogP contribution in [0.2, 0.25) is 10.0 Å². The maximum Gasteiger partial charge on any atom is 0.416 e. The summed E-state index contributed by atoms with van der Waals surface area (Å²) in [6, 6.07) is 7.58. The number of benzene rings is 2. The van der Waals surface area contributed by atoms with Gasteiger partial charge < -0.3 is 4.98 Å². The van der Waals surface area contributed by atoms with Crippen molar-refractivity contribution >= 4 is 46.4 Å². The van der Waals surface area contributed by atoms with Gasteiger partial charge in [-0.3, -0.25) is 4.79 Å². The molecule has 1 aromatic heterocycles. The number of nitrogens with one attached hydrogen (secondary N) is 1. The van der Waals surface area contributed by atoms with Crippen LogP contribution in [0.25, 0.3) is 23.2 Å². The molecular formula is C17H9Cl2F3N2O. The smallest absolute Gasteiger partial charge is 0.319 e. The number of fused-ring (bicyclic) bond motifs is 1. The van der Waals surface area contributed by atoms with Crippen molar-refractivity contribution in [1.82, 2.24) is 9.97 Å². The van der Waals surface area contributed by atoms with Crippen molar-refractivity contribution in [3.05, 3.63) is 73.6 Å². The van der Waals surface area contributed by atoms with E-state index in [9.17, 15) is 18.0 Å². The molecule has 0 aliphatic carbocycles. The minimum Gasteiger partial charge on any atom is -0.319 e. The molecule has 0 bridgehead atoms. The lowest BCUT2D eigenvalue weighted by atomic mass is 10.1. The first kappa shape index (κ1) is 17.5. The van der Waals surface area contributed by atoms with Gasteiger partial charge in [-0.2, -0.15) is 13.2 Å². The second kappa shape index (κ2) is 6.54. The van der Waals surface area contributed by atoms with E-state index in [1.807, 2.05) is 0 Å². The molecule has 0 saturated heterocycles. The third-order valence-corrected chi connectivity index (χ3v) is 4.15. The van der Waals surface area contributed by atoms with Crippen LogP contribution in [-0.4, -0.2) is 9.97 Å². The number of hydrogen-bond donors (Lipinski definition) is 1. The van der Waals surface area contributed by atoms with Gasteiger partial charge in [0, 0.05) is 0 Å². The molecule has 0 unspecified atom stereocenters. The number of rotatable bonds is 2. The van der Waals surface area contributed by atoms with E-state index in [1.54, 1.807) is 0 Å². The molecule has 8 heteroatoms. The Labute approximate surface area is 149 Å². The Bertz CT molecular complexity index is 1020. The van der Waals surface area contributed by atoms with Crippen molar-refractivity contribution in [2.75, 3.05) is 0 Å². The van der Waals surface area contributed by atoms with E-state index in [-0.39, 0.29) is 5.69 Å². The summed E-state index contributed by atoms with van der Waals surface area (Å²) in [6.45, 7) is 0. The summed E-state index contributed by atoms with van der Waals surface area (Å²) >= 11 is 11.8. The second-order valence-corrected chi connectivity index (χ2v) is 6.00. The fraction of sp³-hybridized carbons (Fsp3) is 0.0588. The fourth-order valence-corrected chi connectivity index (χ4v) is 2.49. The van der Waals surface area contributed by atoms with Crippen molar-refractivity contribution in [3.63, 3.8) is 0 Å². The van der Waals surface area contributed by atoms with Crippen LogP contribution in [0.4, 0.5) is 13.2 Å². The zero-order chi connectivity index (χ0) is 18.2. The third kappa shape index (κ3) is 3.86. The van der Waals surface area contributed by atoms with Gasteiger partial charge >= 0.3 is 6.18 Å². The van der Waals surface area contributed by atoms with Crippen LogP contribution in [0.3, 0.4) is 0 Å². The Hall–Kier alpha value is -2.31. The molecule has 3 nitrogen and oxygen atoms in total. The van der Waals surface area contributed by atoms with E-state index >= 15 is 0 Å². The van der Waals surface area contributed by atoms with Crippen LogP contribution < -0.4 is 5.56 Å². The van der Waals surface area contributed by atoms with Crippen LogP contribution in [0, 0.1) is 0 Å². The van der Waals surface area contributed by atoms with Gasteiger partial charge in [-0.15, -0.1) is 0 Å². The van der Waals surface area contributed by atoms with Crippen molar-refractivity contribution in [2.45, 2.75) is 6.18 Å². The molecular weight excluding hydrogens is 376 g/mol. The molecule has 0 aliphatic heterocycles. The molecule has 0 aliphatic rings. The minimum absolute atomic E-state index is 0.103. The van der Waals surface area contributed by atoms with Gasteiger partial charge in [-0.05, 0) is 35.9 Å². The average Bonchev–Trinajstić information content (AvgIpc) is 2.54. The normalized spacial score (nSPS) is 12.2. The number of halogens is 5. The molecule has 1 N–H and O–H groups in total. The van der Waals surface area contributed by atoms with E-state index in [0.717, 1.165) is 12.1 Å². The topological polar surface area (TPSA) is 45.8 Å². The number of nitrogens with zero attached hydrogens (tertiary/aromatic N) is 1. The number of H-pyrrole nitrogens is 1. The summed E-state index contributed by atoms with van der Waals surface area (Å²) in [5.74, 6) is 0. The van der Waals surface area contributed by atoms with Crippen molar-refractivity contribution in [1.29, 1.82) is 0 Å². The predicted octanol–water partition coefficient (Wildman–Crippen LogP) is 5.42. The standard InChI is InChI=1S/C17H9Cl2F3N2O/c18-11-7-14-15(8-12(11)19)24-16(25)13(23-14)6-3-9-1-4-10(5-2-9)17(20,21)22/h1-8H,(H,24,25). The van der Waals surface area contributed by atoms with Crippen LogP contribution in [0.1, 0.15) is 16.8 Å². The average molecular weight is 385 g/mol. The third-order valence-electron chi connectivity index (χ3n) is 3.43. The molecule has 0 atom stereocenters. The van der Waals surface area contributed by atoms with Crippen LogP contribution in [-0.2, 0) is 6.18 Å². The van der Waals surface area contributed by atoms with E-state index in [2.05, 4.69) is 9.97 Å². The fourth-order valence-electron chi connectivity index (χ4n) is 2.17. The predicted molar refractivity (Wildman–Crippen MR) is 92.8 cm³/mol. The Kier molecular flexibility index (Phi) is 4.58. The van der Waals surface area contributed by atoms with E-state index in [4.69, 9.17) is 23.2 Å². The molecule has 2 aromatic carbocycles. The zero-order valence-electron chi connectivity index (χ0n) is 12.4. The molecule has 0 spiro atoms. The van der Waals surface area contributed by atoms with Gasteiger partial charge in [0.1, 0.15) is 5.69 Å². The van der Waals surface area contributed by atoms with Gasteiger partial charge in [-0.1, -0.05) is 41.4 Å². The quantitative estimate of drug-likeness (QED) is 0.641. The summed E-state index contributed by atoms with van der Waals surface area (Å²) in [7, 11) is 0. The molecule has 128 valence electrons. The SMILES string of the molecule is O=c1[nH]c2cc(Cl)c(Cl)cc2nc1C=Cc1ccc(C(F)(F)F)cc1. The highest BCUT2D eigenvalue weighted by Crippen LogP contribution is 2.29. The van der Waals surface area contributed by atoms with E-state index in [0.29, 0.717) is 26.6 Å². The molecule has 0 fully saturated rings. The van der Waals surface area contributed by atoms with Crippen molar-refractivity contribution < 1.29 is 13.2 Å². The minimum atomic E-state index is -4.39. The summed E-state index contributed by atoms with van der Waals surface area (Å²) in [5, 5.41) is 0.589. The molecule has 1 heterocycles. The van der Waals surface area contributed by atoms with E-state index in [1.165, 1.54) is 36.4 Å². The molecule has 0 radical (unpaired) electrons. The van der Waals surface area contributed by atoms with E-state index < -0.39 is 17.3 Å². The summed E-state index contributed by atoms with van der Waals surface area (Å²) in [6.07, 6.45) is -1.47. The van der Waals surface area contributed by atoms with Gasteiger partial charge in [0.15, 0.2) is 0 Å². The summed E-state index contributed by atoms with van der Waals surface area (Å²) in [4.78, 5) is 18.9. The lowest BCUT2D eigenvalue weighted by Crippen LogP contribution is -2.11. The maximum atomic E-state index is 12.5. The molecule has 3 aromatic rings. The highest BCUT2D eigenvalue weighted by molar-refractivity contribution is 6.42. The largest absolute Gasteiger partial charge is 0.416 e. The Balaban J connectivity index is 1.94. The first-order valence-electron chi connectivity index (χ1n) is 6.98. The Morgan fingerprint density at radius 2 is 1.64 bits per heavy atom. The summed E-state index contributed by atoms with van der Waals surface area (Å²) < 4.78 is 37.6. The molecule has 0 amide bonds. The van der Waals surface area contributed by atoms with Gasteiger partial charge in [0.05, 0.1) is 26.6 Å². The maximum absolute atomic E-state index is 12.5. The number of aromatic nitrogens is 2. The molecule has 3 rings (SSSR count). The van der Waals surface area contributed by atoms with Crippen LogP contribution in [0.5, 0.6) is 0 Å². The Morgan fingerprint density at radius 1 is 1.00 bits per heavy atom. The number of hydrogen-bond acceptors (Lipinski definition) is 2. The van der Waals surface area contributed by atoms with Crippen molar-refractivity contribution in [3.8, 4) is 0 Å². The lowest BCUT2D eigenvalue weighted by Gasteiger charge is -2.05. The molecule has 25 heavy (non-hydrogen) atoms. The monoisotopic (exact) mass is 384 g/mol. The number of aromatic amines is 1. The van der Waals surface area contributed by atoms with Crippen LogP contribution >= 0.6 is 23.2 Å². The van der Waals surface area contributed by atoms with Gasteiger partial charge in [-0.25, -0.2) is 4.98 Å². The highest BCUT2D eigenvalue weighted by Gasteiger charge is 2.29. The highest BCUT2D eigenvalue weighted by atomic mass is 35.5. The Morgan fingerprint density at radius 3 is 2.28 bits per heavy atom. The zero-order valence-corrected chi connectivity index (χ0v) is 13.9. The second-order valence-electron chi connectivity index (χ2n) is 5.19. The first-order valence-corrected chi connectivity index (χ1v) is 7.74. The lowest BCUT2D eigenvalue weighted by molar-refractivity contribution is -0.137. The molecule has 0 saturated carbocycles. The summed E-state index contributed by atoms with van der Waals surface area (Å²) in [5.41, 5.74) is 0.299.